The summed E-state index contributed by atoms with van der Waals surface area (Å²) in [4.78, 5) is 27.9. The molecule has 2 aromatic rings. The van der Waals surface area contributed by atoms with E-state index in [4.69, 9.17) is 0 Å². The van der Waals surface area contributed by atoms with Gasteiger partial charge in [-0.1, -0.05) is 36.4 Å². The van der Waals surface area contributed by atoms with Gasteiger partial charge in [-0.05, 0) is 42.9 Å². The number of fused-ring (bicyclic) bond motifs is 2. The summed E-state index contributed by atoms with van der Waals surface area (Å²) in [5, 5.41) is 20.9. The molecule has 0 saturated heterocycles. The van der Waals surface area contributed by atoms with Gasteiger partial charge >= 0.3 is 7.05 Å². The van der Waals surface area contributed by atoms with Crippen LogP contribution in [0.1, 0.15) is 31.8 Å². The van der Waals surface area contributed by atoms with Crippen LogP contribution in [0.25, 0.3) is 0 Å². The fraction of sp³-hybridized carbons (Fsp3) is 0.333. The van der Waals surface area contributed by atoms with Crippen LogP contribution in [0.15, 0.2) is 48.5 Å². The number of rotatable bonds is 6. The summed E-state index contributed by atoms with van der Waals surface area (Å²) in [7, 11) is -0.740. The molecule has 1 aliphatic heterocycles. The molecule has 1 aliphatic carbocycles. The molecule has 2 N–H and O–H groups in total. The van der Waals surface area contributed by atoms with Gasteiger partial charge in [-0.2, -0.15) is 0 Å². The molecule has 1 heterocycles. The van der Waals surface area contributed by atoms with Crippen LogP contribution < -0.4 is 0 Å². The normalized spacial score (nSPS) is 17.2. The summed E-state index contributed by atoms with van der Waals surface area (Å²) in [5.74, 6) is -0.756. The molecule has 144 valence electrons. The predicted octanol–water partition coefficient (Wildman–Crippen LogP) is 1.22. The van der Waals surface area contributed by atoms with Crippen LogP contribution in [-0.4, -0.2) is 63.9 Å². The zero-order chi connectivity index (χ0) is 19.8. The highest BCUT2D eigenvalue weighted by atomic mass is 16.3. The van der Waals surface area contributed by atoms with Crippen LogP contribution in [0.2, 0.25) is 6.82 Å². The van der Waals surface area contributed by atoms with E-state index in [2.05, 4.69) is 12.1 Å². The summed E-state index contributed by atoms with van der Waals surface area (Å²) < 4.78 is 0. The molecule has 2 aliphatic rings. The van der Waals surface area contributed by atoms with Gasteiger partial charge in [-0.25, -0.2) is 0 Å². The van der Waals surface area contributed by atoms with E-state index in [-0.39, 0.29) is 30.9 Å². The van der Waals surface area contributed by atoms with Crippen molar-refractivity contribution >= 4 is 18.9 Å². The van der Waals surface area contributed by atoms with E-state index in [0.29, 0.717) is 11.1 Å². The van der Waals surface area contributed by atoms with Gasteiger partial charge in [0.2, 0.25) is 0 Å². The average molecular weight is 378 g/mol. The average Bonchev–Trinajstić information content (AvgIpc) is 3.21. The minimum absolute atomic E-state index is 0.0780. The number of amides is 2. The monoisotopic (exact) mass is 378 g/mol. The van der Waals surface area contributed by atoms with Gasteiger partial charge in [0.15, 0.2) is 0 Å². The van der Waals surface area contributed by atoms with Gasteiger partial charge in [-0.15, -0.1) is 0 Å². The number of carbonyl (C=O) groups excluding carboxylic acids is 2. The lowest BCUT2D eigenvalue weighted by molar-refractivity contribution is 0.0496. The van der Waals surface area contributed by atoms with Crippen LogP contribution in [0.3, 0.4) is 0 Å². The van der Waals surface area contributed by atoms with Crippen molar-refractivity contribution in [3.8, 4) is 0 Å². The first-order valence-corrected chi connectivity index (χ1v) is 9.59. The number of benzene rings is 2. The second-order valence-corrected chi connectivity index (χ2v) is 7.58. The lowest BCUT2D eigenvalue weighted by Crippen LogP contribution is -2.51. The molecule has 2 aromatic carbocycles. The third-order valence-corrected chi connectivity index (χ3v) is 5.67. The standard InChI is InChI=1S/C21H23BN2O4/c1-22(28)24(16-10-14-6-2-3-7-15(14)11-16)13-17(25)12-23-20(26)18-8-4-5-9-19(18)21(23)27/h2-9,16-17,25,28H,10-13H2,1H3/t17-/m0/s1. The summed E-state index contributed by atoms with van der Waals surface area (Å²) in [6.45, 7) is 1.77. The van der Waals surface area contributed by atoms with Gasteiger partial charge in [0.25, 0.3) is 11.8 Å². The number of hydrogen-bond acceptors (Lipinski definition) is 5. The molecule has 1 atom stereocenters. The van der Waals surface area contributed by atoms with Crippen molar-refractivity contribution < 1.29 is 19.7 Å². The molecule has 4 rings (SSSR count). The largest absolute Gasteiger partial charge is 0.437 e. The SMILES string of the molecule is CB(O)N(C[C@@H](O)CN1C(=O)c2ccccc2C1=O)C1Cc2ccccc2C1. The van der Waals surface area contributed by atoms with Crippen LogP contribution in [0, 0.1) is 0 Å². The maximum absolute atomic E-state index is 12.5. The topological polar surface area (TPSA) is 81.1 Å². The Bertz CT molecular complexity index is 857. The molecule has 0 radical (unpaired) electrons. The van der Waals surface area contributed by atoms with Crippen molar-refractivity contribution in [1.29, 1.82) is 0 Å². The van der Waals surface area contributed by atoms with Crippen LogP contribution in [0.5, 0.6) is 0 Å². The van der Waals surface area contributed by atoms with Crippen LogP contribution in [0.4, 0.5) is 0 Å². The van der Waals surface area contributed by atoms with E-state index in [1.54, 1.807) is 31.1 Å². The zero-order valence-electron chi connectivity index (χ0n) is 15.8. The molecule has 2 amide bonds. The van der Waals surface area contributed by atoms with E-state index < -0.39 is 13.2 Å². The number of β-amino-alcohol motifs (C(OH)–C–C–N with tert-alkyl or cyclic N) is 1. The van der Waals surface area contributed by atoms with E-state index in [9.17, 15) is 19.7 Å². The van der Waals surface area contributed by atoms with Crippen molar-refractivity contribution in [3.63, 3.8) is 0 Å². The van der Waals surface area contributed by atoms with E-state index in [1.165, 1.54) is 11.1 Å². The van der Waals surface area contributed by atoms with Crippen molar-refractivity contribution in [2.45, 2.75) is 31.8 Å². The first kappa shape index (κ1) is 18.9. The van der Waals surface area contributed by atoms with Crippen LogP contribution in [-0.2, 0) is 12.8 Å². The van der Waals surface area contributed by atoms with Gasteiger partial charge in [0.05, 0.1) is 23.8 Å². The number of aliphatic hydroxyl groups is 1. The fourth-order valence-corrected chi connectivity index (χ4v) is 4.29. The Kier molecular flexibility index (Phi) is 5.06. The maximum Gasteiger partial charge on any atom is 0.376 e. The second kappa shape index (κ2) is 7.51. The predicted molar refractivity (Wildman–Crippen MR) is 106 cm³/mol. The number of imide groups is 1. The molecular weight excluding hydrogens is 355 g/mol. The first-order chi connectivity index (χ1) is 13.5. The Hall–Kier alpha value is -2.48. The molecule has 6 nitrogen and oxygen atoms in total. The van der Waals surface area contributed by atoms with Gasteiger partial charge < -0.3 is 14.9 Å². The molecule has 0 spiro atoms. The Balaban J connectivity index is 1.43. The van der Waals surface area contributed by atoms with Crippen molar-refractivity contribution in [2.75, 3.05) is 13.1 Å². The van der Waals surface area contributed by atoms with Crippen LogP contribution >= 0.6 is 0 Å². The molecule has 0 bridgehead atoms. The summed E-state index contributed by atoms with van der Waals surface area (Å²) >= 11 is 0. The number of aliphatic hydroxyl groups excluding tert-OH is 1. The number of hydrogen-bond donors (Lipinski definition) is 2. The highest BCUT2D eigenvalue weighted by Crippen LogP contribution is 2.27. The lowest BCUT2D eigenvalue weighted by Gasteiger charge is -2.32. The summed E-state index contributed by atoms with van der Waals surface area (Å²) in [5.41, 5.74) is 3.26. The Morgan fingerprint density at radius 2 is 1.54 bits per heavy atom. The quantitative estimate of drug-likeness (QED) is 0.584. The molecule has 28 heavy (non-hydrogen) atoms. The molecule has 0 aromatic heterocycles. The highest BCUT2D eigenvalue weighted by molar-refractivity contribution is 6.45. The minimum Gasteiger partial charge on any atom is -0.437 e. The van der Waals surface area contributed by atoms with Crippen molar-refractivity contribution in [2.24, 2.45) is 0 Å². The first-order valence-electron chi connectivity index (χ1n) is 9.59. The summed E-state index contributed by atoms with van der Waals surface area (Å²) in [6, 6.07) is 15.0. The molecule has 0 fully saturated rings. The Morgan fingerprint density at radius 3 is 2.04 bits per heavy atom. The Labute approximate surface area is 164 Å². The third kappa shape index (κ3) is 3.37. The van der Waals surface area contributed by atoms with Gasteiger partial charge in [0.1, 0.15) is 0 Å². The van der Waals surface area contributed by atoms with E-state index >= 15 is 0 Å². The number of carbonyl (C=O) groups is 2. The molecule has 7 heteroatoms. The van der Waals surface area contributed by atoms with Gasteiger partial charge in [0, 0.05) is 12.6 Å². The van der Waals surface area contributed by atoms with Crippen molar-refractivity contribution in [1.82, 2.24) is 9.71 Å². The third-order valence-electron chi connectivity index (χ3n) is 5.67. The van der Waals surface area contributed by atoms with E-state index in [0.717, 1.165) is 17.7 Å². The highest BCUT2D eigenvalue weighted by Gasteiger charge is 2.38. The second-order valence-electron chi connectivity index (χ2n) is 7.58. The zero-order valence-corrected chi connectivity index (χ0v) is 15.8. The maximum atomic E-state index is 12.5. The smallest absolute Gasteiger partial charge is 0.376 e. The summed E-state index contributed by atoms with van der Waals surface area (Å²) in [6.07, 6.45) is 0.669. The molecular formula is C21H23BN2O4. The van der Waals surface area contributed by atoms with E-state index in [1.807, 2.05) is 16.9 Å². The minimum atomic E-state index is -0.944. The van der Waals surface area contributed by atoms with Gasteiger partial charge in [-0.3, -0.25) is 14.5 Å². The van der Waals surface area contributed by atoms with Crippen molar-refractivity contribution in [3.05, 3.63) is 70.8 Å². The Morgan fingerprint density at radius 1 is 1.04 bits per heavy atom. The number of nitrogens with zero attached hydrogens (tertiary/aromatic N) is 2. The molecule has 0 unspecified atom stereocenters. The fourth-order valence-electron chi connectivity index (χ4n) is 4.29. The molecule has 0 saturated carbocycles. The lowest BCUT2D eigenvalue weighted by atomic mass is 9.82.